The SMILES string of the molecule is CCCCCCCCCCCCCCCCOCC(O)CN(CCO)C(=O)CCCCCCCCCCCCCCCOC(=O)C(C)CCCCCCCCCCCCCCC. The first-order chi connectivity index (χ1) is 30.5. The highest BCUT2D eigenvalue weighted by Gasteiger charge is 2.17. The zero-order valence-corrected chi connectivity index (χ0v) is 42.1. The number of rotatable bonds is 52. The summed E-state index contributed by atoms with van der Waals surface area (Å²) in [5, 5.41) is 20.0. The number of esters is 1. The maximum Gasteiger partial charge on any atom is 0.308 e. The third-order valence-electron chi connectivity index (χ3n) is 13.0. The van der Waals surface area contributed by atoms with E-state index in [1.807, 2.05) is 6.92 Å². The molecular weight excluding hydrogens is 771 g/mol. The van der Waals surface area contributed by atoms with Crippen molar-refractivity contribution in [2.75, 3.05) is 39.5 Å². The predicted octanol–water partition coefficient (Wildman–Crippen LogP) is 15.8. The van der Waals surface area contributed by atoms with Gasteiger partial charge in [0.05, 0.1) is 31.8 Å². The molecule has 2 atom stereocenters. The van der Waals surface area contributed by atoms with Crippen LogP contribution in [0.25, 0.3) is 0 Å². The highest BCUT2D eigenvalue weighted by molar-refractivity contribution is 5.76. The summed E-state index contributed by atoms with van der Waals surface area (Å²) in [5.41, 5.74) is 0. The number of hydrogen-bond acceptors (Lipinski definition) is 6. The molecule has 0 aliphatic carbocycles. The molecule has 1 amide bonds. The van der Waals surface area contributed by atoms with Gasteiger partial charge in [0.1, 0.15) is 0 Å². The number of aliphatic hydroxyl groups is 2. The fourth-order valence-electron chi connectivity index (χ4n) is 8.75. The van der Waals surface area contributed by atoms with Crippen molar-refractivity contribution in [1.29, 1.82) is 0 Å². The van der Waals surface area contributed by atoms with Crippen molar-refractivity contribution >= 4 is 11.9 Å². The summed E-state index contributed by atoms with van der Waals surface area (Å²) >= 11 is 0. The van der Waals surface area contributed by atoms with Crippen molar-refractivity contribution in [3.05, 3.63) is 0 Å². The third kappa shape index (κ3) is 45.4. The highest BCUT2D eigenvalue weighted by Crippen LogP contribution is 2.18. The molecule has 0 heterocycles. The molecule has 2 unspecified atom stereocenters. The molecule has 0 aromatic rings. The summed E-state index contributed by atoms with van der Waals surface area (Å²) in [5.74, 6) is 0.0569. The molecular formula is C55H109NO6. The molecule has 0 radical (unpaired) electrons. The van der Waals surface area contributed by atoms with Gasteiger partial charge in [-0.05, 0) is 25.7 Å². The van der Waals surface area contributed by atoms with E-state index in [1.165, 1.54) is 212 Å². The van der Waals surface area contributed by atoms with Crippen LogP contribution in [0.4, 0.5) is 0 Å². The van der Waals surface area contributed by atoms with Crippen molar-refractivity contribution in [2.45, 2.75) is 297 Å². The maximum atomic E-state index is 12.8. The molecule has 7 heteroatoms. The van der Waals surface area contributed by atoms with Gasteiger partial charge in [0.25, 0.3) is 0 Å². The van der Waals surface area contributed by atoms with Crippen molar-refractivity contribution in [1.82, 2.24) is 4.90 Å². The quantitative estimate of drug-likeness (QED) is 0.0467. The first-order valence-electron chi connectivity index (χ1n) is 27.8. The Bertz CT molecular complexity index is 901. The van der Waals surface area contributed by atoms with Crippen LogP contribution in [0.2, 0.25) is 0 Å². The number of ether oxygens (including phenoxy) is 2. The largest absolute Gasteiger partial charge is 0.465 e. The molecule has 0 spiro atoms. The molecule has 0 aliphatic rings. The Hall–Kier alpha value is -1.18. The first kappa shape index (κ1) is 60.8. The Morgan fingerprint density at radius 3 is 1.19 bits per heavy atom. The third-order valence-corrected chi connectivity index (χ3v) is 13.0. The summed E-state index contributed by atoms with van der Waals surface area (Å²) in [7, 11) is 0. The van der Waals surface area contributed by atoms with E-state index in [4.69, 9.17) is 9.47 Å². The fraction of sp³-hybridized carbons (Fsp3) is 0.964. The van der Waals surface area contributed by atoms with Gasteiger partial charge in [-0.25, -0.2) is 0 Å². The topological polar surface area (TPSA) is 96.3 Å². The van der Waals surface area contributed by atoms with Gasteiger partial charge >= 0.3 is 5.97 Å². The number of nitrogens with zero attached hydrogens (tertiary/aromatic N) is 1. The normalized spacial score (nSPS) is 12.5. The van der Waals surface area contributed by atoms with Crippen molar-refractivity contribution in [2.24, 2.45) is 5.92 Å². The Labute approximate surface area is 386 Å². The molecule has 7 nitrogen and oxygen atoms in total. The highest BCUT2D eigenvalue weighted by atomic mass is 16.5. The van der Waals surface area contributed by atoms with Crippen LogP contribution < -0.4 is 0 Å². The van der Waals surface area contributed by atoms with Gasteiger partial charge in [-0.2, -0.15) is 0 Å². The van der Waals surface area contributed by atoms with Crippen LogP contribution in [0.15, 0.2) is 0 Å². The van der Waals surface area contributed by atoms with Crippen molar-refractivity contribution in [3.63, 3.8) is 0 Å². The summed E-state index contributed by atoms with van der Waals surface area (Å²) in [6.07, 6.45) is 52.3. The fourth-order valence-corrected chi connectivity index (χ4v) is 8.75. The Morgan fingerprint density at radius 2 is 0.806 bits per heavy atom. The van der Waals surface area contributed by atoms with Crippen LogP contribution in [-0.4, -0.2) is 72.6 Å². The molecule has 0 rings (SSSR count). The van der Waals surface area contributed by atoms with Crippen LogP contribution in [0, 0.1) is 5.92 Å². The molecule has 370 valence electrons. The maximum absolute atomic E-state index is 12.8. The number of unbranched alkanes of at least 4 members (excludes halogenated alkanes) is 37. The summed E-state index contributed by atoms with van der Waals surface area (Å²) in [4.78, 5) is 26.8. The van der Waals surface area contributed by atoms with Crippen LogP contribution in [0.1, 0.15) is 290 Å². The molecule has 62 heavy (non-hydrogen) atoms. The summed E-state index contributed by atoms with van der Waals surface area (Å²) in [6.45, 7) is 8.48. The first-order valence-corrected chi connectivity index (χ1v) is 27.8. The minimum absolute atomic E-state index is 0.0000460. The lowest BCUT2D eigenvalue weighted by atomic mass is 10.0. The molecule has 0 fully saturated rings. The summed E-state index contributed by atoms with van der Waals surface area (Å²) in [6, 6.07) is 0. The predicted molar refractivity (Wildman–Crippen MR) is 266 cm³/mol. The van der Waals surface area contributed by atoms with E-state index in [9.17, 15) is 19.8 Å². The zero-order valence-electron chi connectivity index (χ0n) is 42.1. The van der Waals surface area contributed by atoms with E-state index >= 15 is 0 Å². The number of hydrogen-bond donors (Lipinski definition) is 2. The van der Waals surface area contributed by atoms with Gasteiger partial charge in [0.2, 0.25) is 5.91 Å². The van der Waals surface area contributed by atoms with Gasteiger partial charge in [-0.15, -0.1) is 0 Å². The molecule has 0 bridgehead atoms. The van der Waals surface area contributed by atoms with E-state index in [2.05, 4.69) is 13.8 Å². The Morgan fingerprint density at radius 1 is 0.468 bits per heavy atom. The number of carbonyl (C=O) groups excluding carboxylic acids is 2. The second-order valence-electron chi connectivity index (χ2n) is 19.3. The smallest absolute Gasteiger partial charge is 0.308 e. The number of amides is 1. The monoisotopic (exact) mass is 880 g/mol. The van der Waals surface area contributed by atoms with E-state index in [0.29, 0.717) is 19.6 Å². The average molecular weight is 880 g/mol. The van der Waals surface area contributed by atoms with Gasteiger partial charge in [0, 0.05) is 26.1 Å². The minimum Gasteiger partial charge on any atom is -0.465 e. The lowest BCUT2D eigenvalue weighted by Gasteiger charge is -2.24. The van der Waals surface area contributed by atoms with Gasteiger partial charge in [-0.3, -0.25) is 9.59 Å². The second-order valence-corrected chi connectivity index (χ2v) is 19.3. The summed E-state index contributed by atoms with van der Waals surface area (Å²) < 4.78 is 11.3. The number of carbonyl (C=O) groups is 2. The molecule has 0 aliphatic heterocycles. The van der Waals surface area contributed by atoms with E-state index in [-0.39, 0.29) is 44.1 Å². The van der Waals surface area contributed by atoms with Gasteiger partial charge < -0.3 is 24.6 Å². The Kier molecular flexibility index (Phi) is 49.8. The van der Waals surface area contributed by atoms with Crippen LogP contribution >= 0.6 is 0 Å². The number of aliphatic hydroxyl groups excluding tert-OH is 2. The minimum atomic E-state index is -0.717. The van der Waals surface area contributed by atoms with E-state index in [0.717, 1.165) is 51.4 Å². The van der Waals surface area contributed by atoms with Crippen LogP contribution in [-0.2, 0) is 19.1 Å². The van der Waals surface area contributed by atoms with Gasteiger partial charge in [-0.1, -0.05) is 258 Å². The van der Waals surface area contributed by atoms with E-state index in [1.54, 1.807) is 4.90 Å². The van der Waals surface area contributed by atoms with Crippen molar-refractivity contribution in [3.8, 4) is 0 Å². The van der Waals surface area contributed by atoms with Crippen molar-refractivity contribution < 1.29 is 29.3 Å². The molecule has 0 aromatic heterocycles. The van der Waals surface area contributed by atoms with Crippen LogP contribution in [0.5, 0.6) is 0 Å². The van der Waals surface area contributed by atoms with Crippen LogP contribution in [0.3, 0.4) is 0 Å². The zero-order chi connectivity index (χ0) is 45.2. The molecule has 0 aromatic carbocycles. The van der Waals surface area contributed by atoms with E-state index < -0.39 is 6.10 Å². The average Bonchev–Trinajstić information content (AvgIpc) is 3.27. The Balaban J connectivity index is 3.57. The lowest BCUT2D eigenvalue weighted by molar-refractivity contribution is -0.148. The molecule has 2 N–H and O–H groups in total. The molecule has 0 saturated heterocycles. The standard InChI is InChI=1S/C55H109NO6/c1-4-6-8-10-12-14-16-18-22-26-30-34-38-42-48-61-51-53(58)50-56(46-47-57)54(59)45-41-37-33-29-25-21-19-23-27-31-35-39-43-49-62-55(60)52(3)44-40-36-32-28-24-20-17-15-13-11-9-7-5-2/h52-53,57-58H,4-51H2,1-3H3. The van der Waals surface area contributed by atoms with Gasteiger partial charge in [0.15, 0.2) is 0 Å². The lowest BCUT2D eigenvalue weighted by Crippen LogP contribution is -2.40. The second kappa shape index (κ2) is 50.8. The molecule has 0 saturated carbocycles.